The average Bonchev–Trinajstić information content (AvgIpc) is 2.42. The molecule has 2 rings (SSSR count). The van der Waals surface area contributed by atoms with Crippen LogP contribution in [0.1, 0.15) is 58.8 Å². The summed E-state index contributed by atoms with van der Waals surface area (Å²) >= 11 is 0. The second-order valence-corrected chi connectivity index (χ2v) is 6.81. The van der Waals surface area contributed by atoms with Crippen LogP contribution < -0.4 is 0 Å². The Labute approximate surface area is 112 Å². The smallest absolute Gasteiger partial charge is 0.127 e. The minimum Gasteiger partial charge on any atom is -0.303 e. The van der Waals surface area contributed by atoms with Gasteiger partial charge in [0.05, 0.1) is 0 Å². The number of aldehydes is 1. The van der Waals surface area contributed by atoms with Crippen molar-refractivity contribution in [2.24, 2.45) is 17.3 Å². The molecule has 1 heterocycles. The Kier molecular flexibility index (Phi) is 4.83. The summed E-state index contributed by atoms with van der Waals surface area (Å²) < 4.78 is 0. The highest BCUT2D eigenvalue weighted by Crippen LogP contribution is 2.38. The standard InChI is InChI=1S/C16H29NO/c1-3-15-5-4-10-17(11-15)12-16(13-18)8-6-14(2)7-9-16/h13-15H,3-12H2,1-2H3. The first kappa shape index (κ1) is 14.0. The maximum atomic E-state index is 11.6. The lowest BCUT2D eigenvalue weighted by atomic mass is 9.71. The molecule has 0 amide bonds. The van der Waals surface area contributed by atoms with Crippen LogP contribution in [-0.2, 0) is 4.79 Å². The van der Waals surface area contributed by atoms with Crippen LogP contribution in [0.25, 0.3) is 0 Å². The molecule has 1 aliphatic heterocycles. The van der Waals surface area contributed by atoms with Crippen molar-refractivity contribution >= 4 is 6.29 Å². The fourth-order valence-electron chi connectivity index (χ4n) is 3.72. The average molecular weight is 251 g/mol. The quantitative estimate of drug-likeness (QED) is 0.713. The number of carbonyl (C=O) groups excluding carboxylic acids is 1. The van der Waals surface area contributed by atoms with Gasteiger partial charge in [-0.1, -0.05) is 20.3 Å². The molecule has 104 valence electrons. The summed E-state index contributed by atoms with van der Waals surface area (Å²) in [5.41, 5.74) is -0.0118. The molecule has 2 fully saturated rings. The van der Waals surface area contributed by atoms with Gasteiger partial charge in [-0.15, -0.1) is 0 Å². The van der Waals surface area contributed by atoms with Gasteiger partial charge < -0.3 is 9.69 Å². The Morgan fingerprint density at radius 1 is 1.28 bits per heavy atom. The molecule has 1 unspecified atom stereocenters. The third kappa shape index (κ3) is 3.34. The fourth-order valence-corrected chi connectivity index (χ4v) is 3.72. The van der Waals surface area contributed by atoms with E-state index in [0.29, 0.717) is 0 Å². The summed E-state index contributed by atoms with van der Waals surface area (Å²) in [5, 5.41) is 0. The van der Waals surface area contributed by atoms with Gasteiger partial charge in [0.25, 0.3) is 0 Å². The summed E-state index contributed by atoms with van der Waals surface area (Å²) in [6.45, 7) is 8.08. The molecule has 0 radical (unpaired) electrons. The molecular weight excluding hydrogens is 222 g/mol. The maximum absolute atomic E-state index is 11.6. The summed E-state index contributed by atoms with van der Waals surface area (Å²) in [6.07, 6.45) is 10.0. The predicted molar refractivity (Wildman–Crippen MR) is 75.6 cm³/mol. The third-order valence-electron chi connectivity index (χ3n) is 5.24. The molecule has 18 heavy (non-hydrogen) atoms. The van der Waals surface area contributed by atoms with Gasteiger partial charge in [-0.2, -0.15) is 0 Å². The van der Waals surface area contributed by atoms with Gasteiger partial charge in [0, 0.05) is 18.5 Å². The molecule has 1 saturated heterocycles. The number of carbonyl (C=O) groups is 1. The van der Waals surface area contributed by atoms with Gasteiger partial charge in [-0.05, 0) is 56.9 Å². The van der Waals surface area contributed by atoms with Crippen molar-refractivity contribution in [3.8, 4) is 0 Å². The second-order valence-electron chi connectivity index (χ2n) is 6.81. The Hall–Kier alpha value is -0.370. The van der Waals surface area contributed by atoms with Crippen molar-refractivity contribution in [3.63, 3.8) is 0 Å². The number of piperidine rings is 1. The van der Waals surface area contributed by atoms with Crippen LogP contribution in [0.15, 0.2) is 0 Å². The first-order valence-corrected chi connectivity index (χ1v) is 7.86. The van der Waals surface area contributed by atoms with Gasteiger partial charge in [0.1, 0.15) is 6.29 Å². The van der Waals surface area contributed by atoms with E-state index in [9.17, 15) is 4.79 Å². The first-order valence-electron chi connectivity index (χ1n) is 7.86. The zero-order valence-corrected chi connectivity index (χ0v) is 12.2. The number of likely N-dealkylation sites (tertiary alicyclic amines) is 1. The Bertz CT molecular complexity index is 268. The van der Waals surface area contributed by atoms with Gasteiger partial charge in [-0.3, -0.25) is 0 Å². The van der Waals surface area contributed by atoms with Crippen LogP contribution in [-0.4, -0.2) is 30.8 Å². The highest BCUT2D eigenvalue weighted by atomic mass is 16.1. The fraction of sp³-hybridized carbons (Fsp3) is 0.938. The van der Waals surface area contributed by atoms with Crippen LogP contribution >= 0.6 is 0 Å². The van der Waals surface area contributed by atoms with Crippen molar-refractivity contribution < 1.29 is 4.79 Å². The normalized spacial score (nSPS) is 38.6. The largest absolute Gasteiger partial charge is 0.303 e. The number of hydrogen-bond acceptors (Lipinski definition) is 2. The molecule has 0 N–H and O–H groups in total. The van der Waals surface area contributed by atoms with Crippen molar-refractivity contribution in [1.82, 2.24) is 4.90 Å². The Morgan fingerprint density at radius 2 is 2.00 bits per heavy atom. The SMILES string of the molecule is CCC1CCCN(CC2(C=O)CCC(C)CC2)C1. The summed E-state index contributed by atoms with van der Waals surface area (Å²) in [6, 6.07) is 0. The van der Waals surface area contributed by atoms with E-state index in [0.717, 1.165) is 31.2 Å². The predicted octanol–water partition coefficient (Wildman–Crippen LogP) is 3.50. The Balaban J connectivity index is 1.91. The van der Waals surface area contributed by atoms with Crippen molar-refractivity contribution in [1.29, 1.82) is 0 Å². The van der Waals surface area contributed by atoms with Crippen LogP contribution in [0.2, 0.25) is 0 Å². The maximum Gasteiger partial charge on any atom is 0.127 e. The van der Waals surface area contributed by atoms with E-state index in [4.69, 9.17) is 0 Å². The van der Waals surface area contributed by atoms with E-state index in [1.165, 1.54) is 51.5 Å². The van der Waals surface area contributed by atoms with Crippen LogP contribution in [0, 0.1) is 17.3 Å². The van der Waals surface area contributed by atoms with E-state index < -0.39 is 0 Å². The highest BCUT2D eigenvalue weighted by Gasteiger charge is 2.36. The molecule has 0 aromatic heterocycles. The van der Waals surface area contributed by atoms with E-state index in [-0.39, 0.29) is 5.41 Å². The van der Waals surface area contributed by atoms with Crippen molar-refractivity contribution in [2.75, 3.05) is 19.6 Å². The van der Waals surface area contributed by atoms with Gasteiger partial charge in [0.15, 0.2) is 0 Å². The molecule has 0 bridgehead atoms. The molecule has 2 aliphatic rings. The van der Waals surface area contributed by atoms with Gasteiger partial charge in [-0.25, -0.2) is 0 Å². The lowest BCUT2D eigenvalue weighted by molar-refractivity contribution is -0.120. The summed E-state index contributed by atoms with van der Waals surface area (Å²) in [4.78, 5) is 14.2. The van der Waals surface area contributed by atoms with Crippen LogP contribution in [0.5, 0.6) is 0 Å². The van der Waals surface area contributed by atoms with E-state index in [1.54, 1.807) is 0 Å². The molecule has 1 atom stereocenters. The summed E-state index contributed by atoms with van der Waals surface area (Å²) in [7, 11) is 0. The van der Waals surface area contributed by atoms with Crippen LogP contribution in [0.3, 0.4) is 0 Å². The molecule has 0 aromatic carbocycles. The van der Waals surface area contributed by atoms with E-state index >= 15 is 0 Å². The molecule has 0 aromatic rings. The number of nitrogens with zero attached hydrogens (tertiary/aromatic N) is 1. The topological polar surface area (TPSA) is 20.3 Å². The molecule has 2 nitrogen and oxygen atoms in total. The van der Waals surface area contributed by atoms with Gasteiger partial charge >= 0.3 is 0 Å². The summed E-state index contributed by atoms with van der Waals surface area (Å²) in [5.74, 6) is 1.69. The first-order chi connectivity index (χ1) is 8.67. The van der Waals surface area contributed by atoms with Crippen molar-refractivity contribution in [2.45, 2.75) is 58.8 Å². The zero-order chi connectivity index (χ0) is 13.0. The van der Waals surface area contributed by atoms with E-state index in [1.807, 2.05) is 0 Å². The molecule has 2 heteroatoms. The second kappa shape index (κ2) is 6.18. The minimum atomic E-state index is -0.0118. The Morgan fingerprint density at radius 3 is 2.61 bits per heavy atom. The zero-order valence-electron chi connectivity index (χ0n) is 12.2. The van der Waals surface area contributed by atoms with E-state index in [2.05, 4.69) is 18.7 Å². The number of hydrogen-bond donors (Lipinski definition) is 0. The number of rotatable bonds is 4. The minimum absolute atomic E-state index is 0.0118. The van der Waals surface area contributed by atoms with Crippen molar-refractivity contribution in [3.05, 3.63) is 0 Å². The monoisotopic (exact) mass is 251 g/mol. The molecule has 0 spiro atoms. The molecular formula is C16H29NO. The lowest BCUT2D eigenvalue weighted by Crippen LogP contribution is -2.45. The lowest BCUT2D eigenvalue weighted by Gasteiger charge is -2.41. The molecule has 1 aliphatic carbocycles. The van der Waals surface area contributed by atoms with Gasteiger partial charge in [0.2, 0.25) is 0 Å². The highest BCUT2D eigenvalue weighted by molar-refractivity contribution is 5.60. The third-order valence-corrected chi connectivity index (χ3v) is 5.24. The van der Waals surface area contributed by atoms with Crippen LogP contribution in [0.4, 0.5) is 0 Å². The molecule has 1 saturated carbocycles.